The van der Waals surface area contributed by atoms with Crippen molar-refractivity contribution in [1.82, 2.24) is 9.78 Å². The van der Waals surface area contributed by atoms with E-state index in [2.05, 4.69) is 5.10 Å². The third kappa shape index (κ3) is 5.88. The topological polar surface area (TPSA) is 53.4 Å². The fourth-order valence-electron chi connectivity index (χ4n) is 1.68. The monoisotopic (exact) mass is 304 g/mol. The number of halogens is 1. The van der Waals surface area contributed by atoms with E-state index in [1.54, 1.807) is 29.1 Å². The normalized spacial score (nSPS) is 11.0. The molecule has 0 amide bonds. The van der Waals surface area contributed by atoms with Crippen LogP contribution in [0.1, 0.15) is 5.56 Å². The van der Waals surface area contributed by atoms with E-state index in [0.717, 1.165) is 5.56 Å². The number of hydrogen-bond donors (Lipinski definition) is 0. The Hall–Kier alpha value is -2.47. The van der Waals surface area contributed by atoms with Crippen molar-refractivity contribution in [3.05, 3.63) is 60.2 Å². The predicted molar refractivity (Wildman–Crippen MR) is 79.4 cm³/mol. The zero-order chi connectivity index (χ0) is 15.6. The van der Waals surface area contributed by atoms with Crippen LogP contribution < -0.4 is 0 Å². The van der Waals surface area contributed by atoms with E-state index in [4.69, 9.17) is 9.47 Å². The highest BCUT2D eigenvalue weighted by Gasteiger charge is 1.98. The Morgan fingerprint density at radius 3 is 2.77 bits per heavy atom. The van der Waals surface area contributed by atoms with Gasteiger partial charge >= 0.3 is 5.97 Å². The van der Waals surface area contributed by atoms with Gasteiger partial charge in [0.2, 0.25) is 0 Å². The number of esters is 1. The van der Waals surface area contributed by atoms with Crippen LogP contribution >= 0.6 is 0 Å². The Morgan fingerprint density at radius 2 is 2.05 bits per heavy atom. The highest BCUT2D eigenvalue weighted by atomic mass is 19.1. The van der Waals surface area contributed by atoms with E-state index >= 15 is 0 Å². The first-order valence-corrected chi connectivity index (χ1v) is 6.89. The molecule has 0 aliphatic rings. The van der Waals surface area contributed by atoms with Gasteiger partial charge in [0, 0.05) is 18.5 Å². The third-order valence-electron chi connectivity index (χ3n) is 2.78. The molecule has 0 aliphatic carbocycles. The molecule has 2 rings (SSSR count). The summed E-state index contributed by atoms with van der Waals surface area (Å²) in [6.07, 6.45) is 6.43. The first kappa shape index (κ1) is 15.9. The van der Waals surface area contributed by atoms with Crippen LogP contribution in [0, 0.1) is 5.82 Å². The molecule has 0 N–H and O–H groups in total. The van der Waals surface area contributed by atoms with Gasteiger partial charge in [-0.3, -0.25) is 4.68 Å². The van der Waals surface area contributed by atoms with Gasteiger partial charge in [0.25, 0.3) is 0 Å². The fourth-order valence-corrected chi connectivity index (χ4v) is 1.68. The van der Waals surface area contributed by atoms with Crippen LogP contribution in [-0.2, 0) is 20.8 Å². The lowest BCUT2D eigenvalue weighted by molar-refractivity contribution is -0.139. The zero-order valence-electron chi connectivity index (χ0n) is 12.0. The minimum atomic E-state index is -0.458. The summed E-state index contributed by atoms with van der Waals surface area (Å²) in [7, 11) is 0. The van der Waals surface area contributed by atoms with Crippen molar-refractivity contribution in [2.75, 3.05) is 19.8 Å². The average Bonchev–Trinajstić information content (AvgIpc) is 3.03. The van der Waals surface area contributed by atoms with Gasteiger partial charge in [-0.25, -0.2) is 9.18 Å². The number of carbonyl (C=O) groups excluding carboxylic acids is 1. The molecule has 0 saturated carbocycles. The highest BCUT2D eigenvalue weighted by molar-refractivity contribution is 5.86. The quantitative estimate of drug-likeness (QED) is 0.426. The number of carbonyl (C=O) groups is 1. The first-order valence-electron chi connectivity index (χ1n) is 6.89. The summed E-state index contributed by atoms with van der Waals surface area (Å²) in [5, 5.41) is 4.04. The van der Waals surface area contributed by atoms with Gasteiger partial charge < -0.3 is 9.47 Å². The van der Waals surface area contributed by atoms with Crippen LogP contribution in [0.3, 0.4) is 0 Å². The van der Waals surface area contributed by atoms with E-state index in [0.29, 0.717) is 19.8 Å². The molecule has 0 aliphatic heterocycles. The van der Waals surface area contributed by atoms with Gasteiger partial charge in [0.15, 0.2) is 0 Å². The number of ether oxygens (including phenoxy) is 2. The zero-order valence-corrected chi connectivity index (χ0v) is 12.0. The lowest BCUT2D eigenvalue weighted by Crippen LogP contribution is -2.12. The van der Waals surface area contributed by atoms with Crippen molar-refractivity contribution in [3.63, 3.8) is 0 Å². The predicted octanol–water partition coefficient (Wildman–Crippen LogP) is 2.30. The first-order chi connectivity index (χ1) is 10.7. The molecule has 6 heteroatoms. The van der Waals surface area contributed by atoms with Crippen LogP contribution in [0.4, 0.5) is 4.39 Å². The lowest BCUT2D eigenvalue weighted by atomic mass is 10.2. The Labute approximate surface area is 128 Å². The molecule has 22 heavy (non-hydrogen) atoms. The molecule has 0 fully saturated rings. The van der Waals surface area contributed by atoms with Crippen LogP contribution in [0.2, 0.25) is 0 Å². The molecule has 0 radical (unpaired) electrons. The van der Waals surface area contributed by atoms with Gasteiger partial charge in [-0.2, -0.15) is 5.10 Å². The van der Waals surface area contributed by atoms with Crippen LogP contribution in [0.25, 0.3) is 6.08 Å². The molecule has 0 unspecified atom stereocenters. The van der Waals surface area contributed by atoms with E-state index in [9.17, 15) is 9.18 Å². The maximum Gasteiger partial charge on any atom is 0.330 e. The van der Waals surface area contributed by atoms with Crippen molar-refractivity contribution in [3.8, 4) is 0 Å². The minimum absolute atomic E-state index is 0.186. The summed E-state index contributed by atoms with van der Waals surface area (Å²) in [5.74, 6) is -0.771. The number of hydrogen-bond acceptors (Lipinski definition) is 4. The number of benzene rings is 1. The maximum atomic E-state index is 12.7. The smallest absolute Gasteiger partial charge is 0.330 e. The average molecular weight is 304 g/mol. The Kier molecular flexibility index (Phi) is 6.32. The molecule has 2 aromatic rings. The molecular weight excluding hydrogens is 287 g/mol. The van der Waals surface area contributed by atoms with E-state index in [1.165, 1.54) is 18.2 Å². The lowest BCUT2D eigenvalue weighted by Gasteiger charge is -2.04. The summed E-state index contributed by atoms with van der Waals surface area (Å²) in [4.78, 5) is 11.4. The third-order valence-corrected chi connectivity index (χ3v) is 2.78. The van der Waals surface area contributed by atoms with Gasteiger partial charge in [0.05, 0.1) is 19.8 Å². The highest BCUT2D eigenvalue weighted by Crippen LogP contribution is 2.04. The molecule has 116 valence electrons. The molecule has 0 spiro atoms. The van der Waals surface area contributed by atoms with Crippen molar-refractivity contribution in [1.29, 1.82) is 0 Å². The molecular formula is C16H17FN2O3. The van der Waals surface area contributed by atoms with Crippen LogP contribution in [-0.4, -0.2) is 35.6 Å². The Balaban J connectivity index is 1.56. The van der Waals surface area contributed by atoms with Crippen LogP contribution in [0.15, 0.2) is 48.8 Å². The van der Waals surface area contributed by atoms with E-state index in [-0.39, 0.29) is 12.4 Å². The molecule has 5 nitrogen and oxygen atoms in total. The summed E-state index contributed by atoms with van der Waals surface area (Å²) in [6, 6.07) is 7.67. The maximum absolute atomic E-state index is 12.7. The second kappa shape index (κ2) is 8.74. The SMILES string of the molecule is O=C(/C=C/c1ccc(F)cc1)OCCOCCn1cccn1. The van der Waals surface area contributed by atoms with Crippen molar-refractivity contribution in [2.24, 2.45) is 0 Å². The van der Waals surface area contributed by atoms with Crippen LogP contribution in [0.5, 0.6) is 0 Å². The summed E-state index contributed by atoms with van der Waals surface area (Å²) in [6.45, 7) is 1.68. The molecule has 1 aromatic heterocycles. The van der Waals surface area contributed by atoms with E-state index in [1.807, 2.05) is 12.3 Å². The standard InChI is InChI=1S/C16H17FN2O3/c17-15-5-2-14(3-6-15)4-7-16(20)22-13-12-21-11-10-19-9-1-8-18-19/h1-9H,10-13H2/b7-4+. The van der Waals surface area contributed by atoms with Crippen molar-refractivity contribution < 1.29 is 18.7 Å². The summed E-state index contributed by atoms with van der Waals surface area (Å²) < 4.78 is 24.8. The minimum Gasteiger partial charge on any atom is -0.460 e. The Morgan fingerprint density at radius 1 is 1.23 bits per heavy atom. The summed E-state index contributed by atoms with van der Waals surface area (Å²) >= 11 is 0. The number of aromatic nitrogens is 2. The van der Waals surface area contributed by atoms with Gasteiger partial charge in [-0.1, -0.05) is 12.1 Å². The molecule has 1 heterocycles. The van der Waals surface area contributed by atoms with Gasteiger partial charge in [-0.05, 0) is 29.8 Å². The van der Waals surface area contributed by atoms with Gasteiger partial charge in [0.1, 0.15) is 12.4 Å². The van der Waals surface area contributed by atoms with Crippen molar-refractivity contribution >= 4 is 12.0 Å². The molecule has 0 bridgehead atoms. The molecule has 1 aromatic carbocycles. The largest absolute Gasteiger partial charge is 0.460 e. The Bertz CT molecular complexity index is 594. The second-order valence-electron chi connectivity index (χ2n) is 4.43. The molecule has 0 atom stereocenters. The van der Waals surface area contributed by atoms with Crippen molar-refractivity contribution in [2.45, 2.75) is 6.54 Å². The van der Waals surface area contributed by atoms with E-state index < -0.39 is 5.97 Å². The summed E-state index contributed by atoms with van der Waals surface area (Å²) in [5.41, 5.74) is 0.730. The molecule has 0 saturated heterocycles. The number of nitrogens with zero attached hydrogens (tertiary/aromatic N) is 2. The fraction of sp³-hybridized carbons (Fsp3) is 0.250. The second-order valence-corrected chi connectivity index (χ2v) is 4.43. The number of rotatable bonds is 8. The van der Waals surface area contributed by atoms with Gasteiger partial charge in [-0.15, -0.1) is 0 Å².